The Bertz CT molecular complexity index is 1180. The lowest BCUT2D eigenvalue weighted by molar-refractivity contribution is 0.195. The van der Waals surface area contributed by atoms with Crippen LogP contribution in [0.3, 0.4) is 0 Å². The Hall–Kier alpha value is -2.04. The molecule has 0 radical (unpaired) electrons. The molecule has 0 aliphatic carbocycles. The van der Waals surface area contributed by atoms with Crippen molar-refractivity contribution in [3.8, 4) is 11.5 Å². The van der Waals surface area contributed by atoms with Crippen molar-refractivity contribution in [2.24, 2.45) is 0 Å². The third kappa shape index (κ3) is 7.92. The minimum atomic E-state index is -0.169. The first-order chi connectivity index (χ1) is 20.8. The van der Waals surface area contributed by atoms with Crippen molar-refractivity contribution in [3.05, 3.63) is 57.6 Å². The van der Waals surface area contributed by atoms with Crippen molar-refractivity contribution >= 4 is 0 Å². The van der Waals surface area contributed by atoms with Crippen LogP contribution in [-0.4, -0.2) is 37.6 Å². The van der Waals surface area contributed by atoms with E-state index in [1.165, 1.54) is 33.4 Å². The van der Waals surface area contributed by atoms with E-state index < -0.39 is 0 Å². The Morgan fingerprint density at radius 3 is 0.978 bits per heavy atom. The van der Waals surface area contributed by atoms with E-state index in [-0.39, 0.29) is 32.9 Å². The number of hydrogen-bond donors (Lipinski definition) is 0. The van der Waals surface area contributed by atoms with Crippen molar-refractivity contribution in [2.45, 2.75) is 162 Å². The van der Waals surface area contributed by atoms with E-state index in [9.17, 15) is 0 Å². The number of benzene rings is 2. The van der Waals surface area contributed by atoms with E-state index in [0.717, 1.165) is 56.8 Å². The SMILES string of the molecule is CCC(C)(C)c1cc(Cc2cc(C(C)(C)CC)c(OCC3(C)CO3)c(C(C)(C)CC)c2)cc(C(C)(C)CC)c1OCC1(C)CO1. The zero-order valence-electron chi connectivity index (χ0n) is 31.3. The molecule has 4 nitrogen and oxygen atoms in total. The van der Waals surface area contributed by atoms with E-state index in [4.69, 9.17) is 18.9 Å². The lowest BCUT2D eigenvalue weighted by Gasteiger charge is -2.34. The molecule has 0 N–H and O–H groups in total. The molecule has 0 saturated carbocycles. The Labute approximate surface area is 276 Å². The maximum Gasteiger partial charge on any atom is 0.126 e. The zero-order valence-corrected chi connectivity index (χ0v) is 31.3. The van der Waals surface area contributed by atoms with Crippen molar-refractivity contribution in [1.82, 2.24) is 0 Å². The highest BCUT2D eigenvalue weighted by atomic mass is 16.6. The van der Waals surface area contributed by atoms with Crippen LogP contribution < -0.4 is 9.47 Å². The molecule has 2 fully saturated rings. The van der Waals surface area contributed by atoms with Crippen molar-refractivity contribution in [3.63, 3.8) is 0 Å². The van der Waals surface area contributed by atoms with Crippen LogP contribution in [0.5, 0.6) is 11.5 Å². The monoisotopic (exact) mass is 620 g/mol. The van der Waals surface area contributed by atoms with Crippen molar-refractivity contribution in [1.29, 1.82) is 0 Å². The third-order valence-electron chi connectivity index (χ3n) is 11.5. The van der Waals surface area contributed by atoms with Gasteiger partial charge < -0.3 is 18.9 Å². The average Bonchev–Trinajstić information content (AvgIpc) is 3.92. The smallest absolute Gasteiger partial charge is 0.126 e. The van der Waals surface area contributed by atoms with Gasteiger partial charge >= 0.3 is 0 Å². The highest BCUT2D eigenvalue weighted by Crippen LogP contribution is 2.47. The predicted molar refractivity (Wildman–Crippen MR) is 189 cm³/mol. The normalized spacial score (nSPS) is 22.0. The molecule has 45 heavy (non-hydrogen) atoms. The Balaban J connectivity index is 1.90. The summed E-state index contributed by atoms with van der Waals surface area (Å²) in [6.07, 6.45) is 4.99. The molecule has 252 valence electrons. The molecular formula is C41H64O4. The molecule has 0 aromatic heterocycles. The molecule has 2 aromatic carbocycles. The van der Waals surface area contributed by atoms with E-state index in [1.54, 1.807) is 0 Å². The zero-order chi connectivity index (χ0) is 33.6. The first-order valence-corrected chi connectivity index (χ1v) is 17.6. The van der Waals surface area contributed by atoms with Crippen LogP contribution in [-0.2, 0) is 37.6 Å². The number of hydrogen-bond acceptors (Lipinski definition) is 4. The number of epoxide rings is 2. The molecule has 2 aromatic rings. The Morgan fingerprint density at radius 1 is 0.533 bits per heavy atom. The summed E-state index contributed by atoms with van der Waals surface area (Å²) in [5, 5.41) is 0. The second-order valence-corrected chi connectivity index (χ2v) is 17.2. The van der Waals surface area contributed by atoms with Gasteiger partial charge in [0.05, 0.1) is 13.2 Å². The standard InChI is InChI=1S/C41H64O4/c1-15-36(5,6)30-20-28(21-31(37(7,8)16-2)34(30)42-24-40(13)26-44-40)19-29-22-32(38(9,10)17-3)35(43-25-41(14)27-45-41)33(23-29)39(11,12)18-4/h20-23H,15-19,24-27H2,1-14H3. The van der Waals surface area contributed by atoms with E-state index in [1.807, 2.05) is 0 Å². The maximum atomic E-state index is 6.76. The highest BCUT2D eigenvalue weighted by molar-refractivity contribution is 5.55. The quantitative estimate of drug-likeness (QED) is 0.175. The van der Waals surface area contributed by atoms with Gasteiger partial charge in [0, 0.05) is 22.3 Å². The predicted octanol–water partition coefficient (Wildman–Crippen LogP) is 10.4. The van der Waals surface area contributed by atoms with Gasteiger partial charge in [0.15, 0.2) is 0 Å². The summed E-state index contributed by atoms with van der Waals surface area (Å²) in [7, 11) is 0. The fraction of sp³-hybridized carbons (Fsp3) is 0.707. The molecule has 2 aliphatic rings. The van der Waals surface area contributed by atoms with Crippen LogP contribution in [0.2, 0.25) is 0 Å². The Morgan fingerprint density at radius 2 is 0.778 bits per heavy atom. The molecule has 2 heterocycles. The van der Waals surface area contributed by atoms with Gasteiger partial charge in [-0.15, -0.1) is 0 Å². The van der Waals surface area contributed by atoms with Crippen LogP contribution in [0.4, 0.5) is 0 Å². The average molecular weight is 621 g/mol. The second kappa shape index (κ2) is 12.5. The van der Waals surface area contributed by atoms with Crippen LogP contribution >= 0.6 is 0 Å². The fourth-order valence-electron chi connectivity index (χ4n) is 5.76. The molecule has 4 rings (SSSR count). The summed E-state index contributed by atoms with van der Waals surface area (Å²) in [5.74, 6) is 2.13. The van der Waals surface area contributed by atoms with Crippen LogP contribution in [0, 0.1) is 0 Å². The molecule has 0 amide bonds. The number of rotatable bonds is 16. The van der Waals surface area contributed by atoms with Crippen LogP contribution in [0.15, 0.2) is 24.3 Å². The van der Waals surface area contributed by atoms with Gasteiger partial charge in [-0.3, -0.25) is 0 Å². The molecule has 0 spiro atoms. The fourth-order valence-corrected chi connectivity index (χ4v) is 5.76. The van der Waals surface area contributed by atoms with Gasteiger partial charge in [-0.05, 0) is 78.7 Å². The van der Waals surface area contributed by atoms with E-state index >= 15 is 0 Å². The van der Waals surface area contributed by atoms with Gasteiger partial charge in [0.2, 0.25) is 0 Å². The van der Waals surface area contributed by atoms with Gasteiger partial charge in [-0.25, -0.2) is 0 Å². The molecule has 2 saturated heterocycles. The highest BCUT2D eigenvalue weighted by Gasteiger charge is 2.43. The summed E-state index contributed by atoms with van der Waals surface area (Å²) in [4.78, 5) is 0. The second-order valence-electron chi connectivity index (χ2n) is 17.2. The molecule has 0 bridgehead atoms. The summed E-state index contributed by atoms with van der Waals surface area (Å²) in [5.41, 5.74) is 7.47. The Kier molecular flexibility index (Phi) is 9.97. The van der Waals surface area contributed by atoms with Crippen molar-refractivity contribution < 1.29 is 18.9 Å². The van der Waals surface area contributed by atoms with Gasteiger partial charge in [-0.2, -0.15) is 0 Å². The summed E-state index contributed by atoms with van der Waals surface area (Å²) < 4.78 is 25.0. The first kappa shape index (κ1) is 35.8. The maximum absolute atomic E-state index is 6.76. The topological polar surface area (TPSA) is 43.5 Å². The van der Waals surface area contributed by atoms with Crippen LogP contribution in [0.25, 0.3) is 0 Å². The largest absolute Gasteiger partial charge is 0.490 e. The molecule has 4 heteroatoms. The lowest BCUT2D eigenvalue weighted by Crippen LogP contribution is -2.27. The minimum absolute atomic E-state index is 0.0291. The molecule has 2 aliphatic heterocycles. The van der Waals surface area contributed by atoms with Crippen molar-refractivity contribution in [2.75, 3.05) is 26.4 Å². The first-order valence-electron chi connectivity index (χ1n) is 17.6. The minimum Gasteiger partial charge on any atom is -0.490 e. The number of ether oxygens (including phenoxy) is 4. The third-order valence-corrected chi connectivity index (χ3v) is 11.5. The van der Waals surface area contributed by atoms with Gasteiger partial charge in [0.25, 0.3) is 0 Å². The molecular weight excluding hydrogens is 556 g/mol. The summed E-state index contributed by atoms with van der Waals surface area (Å²) in [6, 6.07) is 9.76. The lowest BCUT2D eigenvalue weighted by atomic mass is 9.73. The molecule has 2 unspecified atom stereocenters. The summed E-state index contributed by atoms with van der Waals surface area (Å²) >= 11 is 0. The van der Waals surface area contributed by atoms with Gasteiger partial charge in [0.1, 0.15) is 35.9 Å². The molecule has 2 atom stereocenters. The van der Waals surface area contributed by atoms with Gasteiger partial charge in [-0.1, -0.05) is 107 Å². The summed E-state index contributed by atoms with van der Waals surface area (Å²) in [6.45, 7) is 35.0. The van der Waals surface area contributed by atoms with E-state index in [2.05, 4.69) is 121 Å². The van der Waals surface area contributed by atoms with Crippen LogP contribution in [0.1, 0.15) is 156 Å². The van der Waals surface area contributed by atoms with E-state index in [0.29, 0.717) is 13.2 Å².